The Labute approximate surface area is 249 Å². The van der Waals surface area contributed by atoms with Crippen LogP contribution in [0.2, 0.25) is 0 Å². The molecule has 1 atom stereocenters. The van der Waals surface area contributed by atoms with Crippen molar-refractivity contribution >= 4 is 11.9 Å². The minimum absolute atomic E-state index is 0.147. The number of piperidine rings is 2. The van der Waals surface area contributed by atoms with Gasteiger partial charge in [0.25, 0.3) is 5.91 Å². The van der Waals surface area contributed by atoms with Crippen LogP contribution >= 0.6 is 0 Å². The summed E-state index contributed by atoms with van der Waals surface area (Å²) in [6, 6.07) is 24.2. The highest BCUT2D eigenvalue weighted by atomic mass is 19.4. The van der Waals surface area contributed by atoms with E-state index in [1.807, 2.05) is 59.5 Å². The summed E-state index contributed by atoms with van der Waals surface area (Å²) in [4.78, 5) is 28.9. The van der Waals surface area contributed by atoms with E-state index in [4.69, 9.17) is 14.2 Å². The molecule has 0 radical (unpaired) electrons. The van der Waals surface area contributed by atoms with E-state index in [9.17, 15) is 22.8 Å². The van der Waals surface area contributed by atoms with Gasteiger partial charge in [-0.15, -0.1) is 0 Å². The molecule has 2 aliphatic rings. The number of ether oxygens (including phenoxy) is 3. The topological polar surface area (TPSA) is 68.3 Å². The van der Waals surface area contributed by atoms with Crippen LogP contribution in [0.5, 0.6) is 11.5 Å². The smallest absolute Gasteiger partial charge is 0.490 e. The monoisotopic (exact) mass is 596 g/mol. The molecule has 3 aromatic carbocycles. The summed E-state index contributed by atoms with van der Waals surface area (Å²) in [5.41, 5.74) is 1.78. The van der Waals surface area contributed by atoms with Crippen LogP contribution in [-0.4, -0.2) is 67.2 Å². The van der Waals surface area contributed by atoms with Gasteiger partial charge in [-0.3, -0.25) is 9.69 Å². The fraction of sp³-hybridized carbons (Fsp3) is 0.394. The number of carbonyl (C=O) groups is 2. The third kappa shape index (κ3) is 7.30. The van der Waals surface area contributed by atoms with Gasteiger partial charge >= 0.3 is 12.1 Å². The first-order valence-corrected chi connectivity index (χ1v) is 14.3. The first-order valence-electron chi connectivity index (χ1n) is 14.3. The molecule has 43 heavy (non-hydrogen) atoms. The fourth-order valence-electron chi connectivity index (χ4n) is 5.96. The van der Waals surface area contributed by atoms with Crippen molar-refractivity contribution in [2.24, 2.45) is 5.41 Å². The molecule has 0 N–H and O–H groups in total. The molecule has 5 rings (SSSR count). The van der Waals surface area contributed by atoms with Crippen LogP contribution < -0.4 is 9.47 Å². The molecule has 0 aliphatic carbocycles. The van der Waals surface area contributed by atoms with E-state index in [-0.39, 0.29) is 12.5 Å². The standard InChI is InChI=1S/C33H35F3N2O5/c1-41-27-13-11-25(12-14-27)30(39)38-19-16-32(17-20-38)15-18-37(22-29(32)43-31(40)33(34,35)36)21-26-9-5-6-10-28(26)42-23-24-7-3-2-4-8-24/h2-14,29H,15-23H2,1H3. The Morgan fingerprint density at radius 1 is 0.884 bits per heavy atom. The zero-order valence-electron chi connectivity index (χ0n) is 24.0. The SMILES string of the molecule is COc1ccc(C(=O)N2CCC3(CCN(Cc4ccccc4OCc4ccccc4)CC3OC(=O)C(F)(F)F)CC2)cc1. The second-order valence-electron chi connectivity index (χ2n) is 11.1. The van der Waals surface area contributed by atoms with E-state index in [1.165, 1.54) is 0 Å². The summed E-state index contributed by atoms with van der Waals surface area (Å²) in [6.45, 7) is 2.31. The van der Waals surface area contributed by atoms with Gasteiger partial charge in [0.1, 0.15) is 24.2 Å². The van der Waals surface area contributed by atoms with Gasteiger partial charge in [0.2, 0.25) is 0 Å². The van der Waals surface area contributed by atoms with Crippen molar-refractivity contribution in [3.8, 4) is 11.5 Å². The van der Waals surface area contributed by atoms with Crippen LogP contribution in [0, 0.1) is 5.41 Å². The predicted molar refractivity (Wildman–Crippen MR) is 154 cm³/mol. The van der Waals surface area contributed by atoms with E-state index in [1.54, 1.807) is 36.3 Å². The summed E-state index contributed by atoms with van der Waals surface area (Å²) < 4.78 is 56.4. The third-order valence-electron chi connectivity index (χ3n) is 8.50. The molecule has 2 fully saturated rings. The number of hydrogen-bond acceptors (Lipinski definition) is 6. The van der Waals surface area contributed by atoms with Gasteiger partial charge in [-0.1, -0.05) is 48.5 Å². The lowest BCUT2D eigenvalue weighted by Gasteiger charge is -2.51. The molecular formula is C33H35F3N2O5. The highest BCUT2D eigenvalue weighted by molar-refractivity contribution is 5.94. The molecule has 10 heteroatoms. The molecule has 1 amide bonds. The Morgan fingerprint density at radius 3 is 2.21 bits per heavy atom. The number of benzene rings is 3. The third-order valence-corrected chi connectivity index (χ3v) is 8.50. The number of amides is 1. The Kier molecular flexibility index (Phi) is 9.25. The van der Waals surface area contributed by atoms with Crippen LogP contribution in [0.3, 0.4) is 0 Å². The van der Waals surface area contributed by atoms with Crippen molar-refractivity contribution in [1.82, 2.24) is 9.80 Å². The predicted octanol–water partition coefficient (Wildman–Crippen LogP) is 5.88. The minimum atomic E-state index is -5.09. The summed E-state index contributed by atoms with van der Waals surface area (Å²) in [6.07, 6.45) is -4.64. The highest BCUT2D eigenvalue weighted by Gasteiger charge is 2.51. The summed E-state index contributed by atoms with van der Waals surface area (Å²) >= 11 is 0. The van der Waals surface area contributed by atoms with Crippen molar-refractivity contribution in [1.29, 1.82) is 0 Å². The second kappa shape index (κ2) is 13.1. The second-order valence-corrected chi connectivity index (χ2v) is 11.1. The maximum Gasteiger partial charge on any atom is 0.490 e. The number of esters is 1. The Balaban J connectivity index is 1.27. The quantitative estimate of drug-likeness (QED) is 0.303. The number of likely N-dealkylation sites (tertiary alicyclic amines) is 2. The molecule has 1 spiro atoms. The van der Waals surface area contributed by atoms with Gasteiger partial charge in [0.15, 0.2) is 0 Å². The maximum absolute atomic E-state index is 13.3. The molecule has 7 nitrogen and oxygen atoms in total. The molecule has 0 aromatic heterocycles. The molecule has 1 unspecified atom stereocenters. The zero-order chi connectivity index (χ0) is 30.5. The normalized spacial score (nSPS) is 18.7. The minimum Gasteiger partial charge on any atom is -0.497 e. The van der Waals surface area contributed by atoms with Gasteiger partial charge in [-0.05, 0) is 61.7 Å². The largest absolute Gasteiger partial charge is 0.497 e. The van der Waals surface area contributed by atoms with Crippen molar-refractivity contribution in [3.63, 3.8) is 0 Å². The first-order chi connectivity index (χ1) is 20.7. The van der Waals surface area contributed by atoms with Gasteiger partial charge in [-0.2, -0.15) is 13.2 Å². The Morgan fingerprint density at radius 2 is 1.53 bits per heavy atom. The van der Waals surface area contributed by atoms with Crippen LogP contribution in [0.4, 0.5) is 13.2 Å². The molecule has 3 aromatic rings. The van der Waals surface area contributed by atoms with Crippen molar-refractivity contribution in [2.75, 3.05) is 33.3 Å². The van der Waals surface area contributed by atoms with E-state index < -0.39 is 23.7 Å². The number of rotatable bonds is 8. The molecule has 0 saturated carbocycles. The van der Waals surface area contributed by atoms with Crippen LogP contribution in [0.1, 0.15) is 40.7 Å². The lowest BCUT2D eigenvalue weighted by molar-refractivity contribution is -0.216. The summed E-state index contributed by atoms with van der Waals surface area (Å²) in [7, 11) is 1.55. The van der Waals surface area contributed by atoms with Gasteiger partial charge in [0, 0.05) is 42.7 Å². The van der Waals surface area contributed by atoms with Crippen molar-refractivity contribution in [3.05, 3.63) is 95.6 Å². The van der Waals surface area contributed by atoms with Gasteiger partial charge < -0.3 is 19.1 Å². The number of methoxy groups -OCH3 is 1. The van der Waals surface area contributed by atoms with Crippen LogP contribution in [-0.2, 0) is 22.7 Å². The number of alkyl halides is 3. The van der Waals surface area contributed by atoms with E-state index in [0.717, 1.165) is 11.1 Å². The zero-order valence-corrected chi connectivity index (χ0v) is 24.0. The van der Waals surface area contributed by atoms with Crippen molar-refractivity contribution < 1.29 is 37.0 Å². The molecule has 0 bridgehead atoms. The number of para-hydroxylation sites is 1. The van der Waals surface area contributed by atoms with E-state index in [2.05, 4.69) is 0 Å². The summed E-state index contributed by atoms with van der Waals surface area (Å²) in [5.74, 6) is -0.991. The molecule has 2 saturated heterocycles. The maximum atomic E-state index is 13.3. The number of hydrogen-bond donors (Lipinski definition) is 0. The number of nitrogens with zero attached hydrogens (tertiary/aromatic N) is 2. The molecular weight excluding hydrogens is 561 g/mol. The molecule has 2 aliphatic heterocycles. The molecule has 228 valence electrons. The Bertz CT molecular complexity index is 1390. The summed E-state index contributed by atoms with van der Waals surface area (Å²) in [5, 5.41) is 0. The van der Waals surface area contributed by atoms with E-state index >= 15 is 0 Å². The lowest BCUT2D eigenvalue weighted by Crippen LogP contribution is -2.57. The van der Waals surface area contributed by atoms with Crippen LogP contribution in [0.15, 0.2) is 78.9 Å². The lowest BCUT2D eigenvalue weighted by atomic mass is 9.69. The molecule has 2 heterocycles. The van der Waals surface area contributed by atoms with E-state index in [0.29, 0.717) is 69.1 Å². The van der Waals surface area contributed by atoms with Gasteiger partial charge in [0.05, 0.1) is 7.11 Å². The Hall–Kier alpha value is -4.05. The average molecular weight is 597 g/mol. The fourth-order valence-corrected chi connectivity index (χ4v) is 5.96. The van der Waals surface area contributed by atoms with Crippen molar-refractivity contribution in [2.45, 2.75) is 44.7 Å². The van der Waals surface area contributed by atoms with Gasteiger partial charge in [-0.25, -0.2) is 4.79 Å². The first kappa shape index (κ1) is 30.4. The average Bonchev–Trinajstić information content (AvgIpc) is 3.02. The van der Waals surface area contributed by atoms with Crippen LogP contribution in [0.25, 0.3) is 0 Å². The number of carbonyl (C=O) groups excluding carboxylic acids is 2. The highest BCUT2D eigenvalue weighted by Crippen LogP contribution is 2.44. The number of halogens is 3.